The van der Waals surface area contributed by atoms with Crippen LogP contribution in [0.3, 0.4) is 0 Å². The van der Waals surface area contributed by atoms with E-state index in [0.717, 1.165) is 0 Å². The molecule has 0 bridgehead atoms. The van der Waals surface area contributed by atoms with Crippen LogP contribution in [0.1, 0.15) is 0 Å². The molecule has 2 N–H and O–H groups in total. The maximum absolute atomic E-state index is 10.5. The second-order valence-corrected chi connectivity index (χ2v) is 3.68. The van der Waals surface area contributed by atoms with E-state index in [1.54, 1.807) is 30.1 Å². The van der Waals surface area contributed by atoms with Crippen molar-refractivity contribution in [2.24, 2.45) is 7.05 Å². The molecule has 0 atom stereocenters. The minimum atomic E-state index is -0.940. The summed E-state index contributed by atoms with van der Waals surface area (Å²) in [5, 5.41) is 15.5. The van der Waals surface area contributed by atoms with Crippen LogP contribution in [-0.4, -0.2) is 27.4 Å². The van der Waals surface area contributed by atoms with Gasteiger partial charge in [-0.3, -0.25) is 9.48 Å². The zero-order valence-corrected chi connectivity index (χ0v) is 9.83. The summed E-state index contributed by atoms with van der Waals surface area (Å²) in [6.07, 6.45) is 1.67. The van der Waals surface area contributed by atoms with Gasteiger partial charge in [-0.05, 0) is 12.1 Å². The van der Waals surface area contributed by atoms with Gasteiger partial charge in [0.2, 0.25) is 0 Å². The molecule has 0 aliphatic rings. The van der Waals surface area contributed by atoms with E-state index in [-0.39, 0.29) is 6.54 Å². The molecule has 1 heterocycles. The Morgan fingerprint density at radius 2 is 2.17 bits per heavy atom. The van der Waals surface area contributed by atoms with E-state index in [9.17, 15) is 4.79 Å². The quantitative estimate of drug-likeness (QED) is 0.841. The largest absolute Gasteiger partial charge is 0.480 e. The highest BCUT2D eigenvalue weighted by atomic mass is 16.5. The van der Waals surface area contributed by atoms with E-state index < -0.39 is 5.97 Å². The molecule has 0 aliphatic heterocycles. The predicted molar refractivity (Wildman–Crippen MR) is 65.8 cm³/mol. The number of carbonyl (C=O) groups is 1. The Bertz CT molecular complexity index is 537. The number of para-hydroxylation sites is 1. The SMILES string of the molecule is Cn1cc(NCC(=O)O)c(Oc2ccccc2)n1. The standard InChI is InChI=1S/C12H13N3O3/c1-15-8-10(13-7-11(16)17)12(14-15)18-9-5-3-2-4-6-9/h2-6,8,13H,7H2,1H3,(H,16,17). The van der Waals surface area contributed by atoms with Crippen molar-refractivity contribution in [2.45, 2.75) is 0 Å². The van der Waals surface area contributed by atoms with Gasteiger partial charge < -0.3 is 15.2 Å². The number of carboxylic acid groups (broad SMARTS) is 1. The summed E-state index contributed by atoms with van der Waals surface area (Å²) in [6, 6.07) is 9.19. The van der Waals surface area contributed by atoms with Gasteiger partial charge >= 0.3 is 5.97 Å². The fourth-order valence-corrected chi connectivity index (χ4v) is 1.44. The van der Waals surface area contributed by atoms with Gasteiger partial charge in [-0.15, -0.1) is 5.10 Å². The summed E-state index contributed by atoms with van der Waals surface area (Å²) in [5.74, 6) is 0.0593. The average molecular weight is 247 g/mol. The number of carboxylic acids is 1. The first-order valence-corrected chi connectivity index (χ1v) is 5.37. The molecule has 94 valence electrons. The number of nitrogens with zero attached hydrogens (tertiary/aromatic N) is 2. The summed E-state index contributed by atoms with van der Waals surface area (Å²) < 4.78 is 7.13. The molecule has 6 heteroatoms. The second kappa shape index (κ2) is 5.22. The Kier molecular flexibility index (Phi) is 3.47. The van der Waals surface area contributed by atoms with Gasteiger partial charge in [0.1, 0.15) is 18.0 Å². The molecule has 1 aromatic carbocycles. The lowest BCUT2D eigenvalue weighted by molar-refractivity contribution is -0.134. The summed E-state index contributed by atoms with van der Waals surface area (Å²) in [4.78, 5) is 10.5. The van der Waals surface area contributed by atoms with Crippen LogP contribution >= 0.6 is 0 Å². The molecular weight excluding hydrogens is 234 g/mol. The van der Waals surface area contributed by atoms with Crippen LogP contribution in [-0.2, 0) is 11.8 Å². The lowest BCUT2D eigenvalue weighted by Crippen LogP contribution is -2.12. The van der Waals surface area contributed by atoms with Crippen molar-refractivity contribution in [1.29, 1.82) is 0 Å². The Morgan fingerprint density at radius 3 is 2.83 bits per heavy atom. The summed E-state index contributed by atoms with van der Waals surface area (Å²) in [7, 11) is 1.74. The zero-order chi connectivity index (χ0) is 13.0. The third-order valence-corrected chi connectivity index (χ3v) is 2.18. The molecule has 2 aromatic rings. The lowest BCUT2D eigenvalue weighted by Gasteiger charge is -2.05. The molecule has 18 heavy (non-hydrogen) atoms. The number of nitrogens with one attached hydrogen (secondary N) is 1. The van der Waals surface area contributed by atoms with E-state index in [1.165, 1.54) is 0 Å². The van der Waals surface area contributed by atoms with Crippen LogP contribution < -0.4 is 10.1 Å². The Morgan fingerprint density at radius 1 is 1.44 bits per heavy atom. The van der Waals surface area contributed by atoms with E-state index >= 15 is 0 Å². The van der Waals surface area contributed by atoms with Crippen molar-refractivity contribution in [3.05, 3.63) is 36.5 Å². The van der Waals surface area contributed by atoms with Gasteiger partial charge in [0.25, 0.3) is 5.88 Å². The third kappa shape index (κ3) is 3.00. The monoisotopic (exact) mass is 247 g/mol. The summed E-state index contributed by atoms with van der Waals surface area (Å²) in [6.45, 7) is -0.184. The second-order valence-electron chi connectivity index (χ2n) is 3.68. The Hall–Kier alpha value is -2.50. The van der Waals surface area contributed by atoms with Crippen molar-refractivity contribution < 1.29 is 14.6 Å². The number of aromatic nitrogens is 2. The first-order valence-electron chi connectivity index (χ1n) is 5.37. The topological polar surface area (TPSA) is 76.4 Å². The highest BCUT2D eigenvalue weighted by Gasteiger charge is 2.10. The van der Waals surface area contributed by atoms with Gasteiger partial charge in [-0.2, -0.15) is 0 Å². The number of aliphatic carboxylic acids is 1. The Balaban J connectivity index is 2.14. The van der Waals surface area contributed by atoms with Crippen LogP contribution in [0, 0.1) is 0 Å². The minimum absolute atomic E-state index is 0.184. The molecule has 0 saturated heterocycles. The minimum Gasteiger partial charge on any atom is -0.480 e. The van der Waals surface area contributed by atoms with Crippen LogP contribution in [0.25, 0.3) is 0 Å². The van der Waals surface area contributed by atoms with Crippen molar-refractivity contribution in [2.75, 3.05) is 11.9 Å². The maximum Gasteiger partial charge on any atom is 0.322 e. The normalized spacial score (nSPS) is 10.1. The lowest BCUT2D eigenvalue weighted by atomic mass is 10.3. The molecule has 0 amide bonds. The fraction of sp³-hybridized carbons (Fsp3) is 0.167. The number of hydrogen-bond donors (Lipinski definition) is 2. The van der Waals surface area contributed by atoms with Gasteiger partial charge in [-0.1, -0.05) is 18.2 Å². The van der Waals surface area contributed by atoms with Crippen molar-refractivity contribution in [3.63, 3.8) is 0 Å². The van der Waals surface area contributed by atoms with Gasteiger partial charge in [-0.25, -0.2) is 0 Å². The summed E-state index contributed by atoms with van der Waals surface area (Å²) in [5.41, 5.74) is 0.545. The smallest absolute Gasteiger partial charge is 0.322 e. The molecular formula is C12H13N3O3. The van der Waals surface area contributed by atoms with Crippen LogP contribution in [0.4, 0.5) is 5.69 Å². The molecule has 0 unspecified atom stereocenters. The molecule has 0 saturated carbocycles. The van der Waals surface area contributed by atoms with Crippen LogP contribution in [0.15, 0.2) is 36.5 Å². The Labute approximate surface area is 104 Å². The number of benzene rings is 1. The van der Waals surface area contributed by atoms with E-state index in [1.807, 2.05) is 18.2 Å². The number of hydrogen-bond acceptors (Lipinski definition) is 4. The van der Waals surface area contributed by atoms with Crippen molar-refractivity contribution in [3.8, 4) is 11.6 Å². The molecule has 6 nitrogen and oxygen atoms in total. The number of rotatable bonds is 5. The van der Waals surface area contributed by atoms with Crippen molar-refractivity contribution in [1.82, 2.24) is 9.78 Å². The average Bonchev–Trinajstić information content (AvgIpc) is 2.68. The molecule has 0 spiro atoms. The van der Waals surface area contributed by atoms with Gasteiger partial charge in [0.05, 0.1) is 6.20 Å². The number of ether oxygens (including phenoxy) is 1. The van der Waals surface area contributed by atoms with E-state index in [2.05, 4.69) is 10.4 Å². The molecule has 0 fully saturated rings. The first kappa shape index (κ1) is 12.0. The van der Waals surface area contributed by atoms with E-state index in [4.69, 9.17) is 9.84 Å². The first-order chi connectivity index (χ1) is 8.65. The summed E-state index contributed by atoms with van der Waals surface area (Å²) >= 11 is 0. The van der Waals surface area contributed by atoms with Crippen LogP contribution in [0.5, 0.6) is 11.6 Å². The highest BCUT2D eigenvalue weighted by Crippen LogP contribution is 2.27. The van der Waals surface area contributed by atoms with Gasteiger partial charge in [0.15, 0.2) is 0 Å². The molecule has 1 aromatic heterocycles. The molecule has 0 aliphatic carbocycles. The van der Waals surface area contributed by atoms with E-state index in [0.29, 0.717) is 17.3 Å². The molecule has 0 radical (unpaired) electrons. The highest BCUT2D eigenvalue weighted by molar-refractivity contribution is 5.73. The number of aryl methyl sites for hydroxylation is 1. The molecule has 2 rings (SSSR count). The van der Waals surface area contributed by atoms with Gasteiger partial charge in [0, 0.05) is 7.05 Å². The van der Waals surface area contributed by atoms with Crippen molar-refractivity contribution >= 4 is 11.7 Å². The fourth-order valence-electron chi connectivity index (χ4n) is 1.44. The zero-order valence-electron chi connectivity index (χ0n) is 9.83. The third-order valence-electron chi connectivity index (χ3n) is 2.18. The maximum atomic E-state index is 10.5. The predicted octanol–water partition coefficient (Wildman–Crippen LogP) is 1.71. The van der Waals surface area contributed by atoms with Crippen LogP contribution in [0.2, 0.25) is 0 Å². The number of anilines is 1.